The molecule has 41 heavy (non-hydrogen) atoms. The third kappa shape index (κ3) is 7.73. The van der Waals surface area contributed by atoms with Crippen molar-refractivity contribution >= 4 is 46.7 Å². The van der Waals surface area contributed by atoms with E-state index in [1.165, 1.54) is 0 Å². The molecule has 8 nitrogen and oxygen atoms in total. The van der Waals surface area contributed by atoms with Gasteiger partial charge in [-0.05, 0) is 93.6 Å². The average molecular weight is 605 g/mol. The number of halogens is 2. The van der Waals surface area contributed by atoms with Gasteiger partial charge in [-0.25, -0.2) is 0 Å². The molecule has 4 rings (SSSR count). The predicted octanol–water partition coefficient (Wildman–Crippen LogP) is 5.08. The number of carbonyl (C=O) groups excluding carboxylic acids is 3. The lowest BCUT2D eigenvalue weighted by Crippen LogP contribution is -2.48. The van der Waals surface area contributed by atoms with Crippen molar-refractivity contribution in [1.29, 1.82) is 0 Å². The average Bonchev–Trinajstić information content (AvgIpc) is 3.48. The number of likely N-dealkylation sites (tertiary alicyclic amines) is 1. The Labute approximate surface area is 252 Å². The van der Waals surface area contributed by atoms with Crippen molar-refractivity contribution < 1.29 is 23.9 Å². The van der Waals surface area contributed by atoms with E-state index in [1.807, 2.05) is 30.1 Å². The summed E-state index contributed by atoms with van der Waals surface area (Å²) in [5.41, 5.74) is 3.71. The van der Waals surface area contributed by atoms with Crippen LogP contribution >= 0.6 is 23.2 Å². The van der Waals surface area contributed by atoms with Crippen molar-refractivity contribution in [3.05, 3.63) is 63.1 Å². The third-order valence-electron chi connectivity index (χ3n) is 7.90. The van der Waals surface area contributed by atoms with Crippen LogP contribution in [0.2, 0.25) is 10.0 Å². The van der Waals surface area contributed by atoms with E-state index >= 15 is 0 Å². The van der Waals surface area contributed by atoms with Crippen LogP contribution in [-0.4, -0.2) is 80.1 Å². The lowest BCUT2D eigenvalue weighted by molar-refractivity contribution is -0.142. The number of likely N-dealkylation sites (N-methyl/N-ethyl adjacent to an activating group) is 1. The van der Waals surface area contributed by atoms with Crippen molar-refractivity contribution in [2.24, 2.45) is 0 Å². The summed E-state index contributed by atoms with van der Waals surface area (Å²) in [6.07, 6.45) is 4.31. The molecule has 1 saturated heterocycles. The minimum Gasteiger partial charge on any atom is -0.465 e. The first kappa shape index (κ1) is 31.1. The Morgan fingerprint density at radius 2 is 1.59 bits per heavy atom. The van der Waals surface area contributed by atoms with Gasteiger partial charge in [0.25, 0.3) is 0 Å². The fourth-order valence-corrected chi connectivity index (χ4v) is 6.26. The molecule has 0 N–H and O–H groups in total. The van der Waals surface area contributed by atoms with E-state index in [-0.39, 0.29) is 50.7 Å². The summed E-state index contributed by atoms with van der Waals surface area (Å²) in [6, 6.07) is 11.3. The van der Waals surface area contributed by atoms with E-state index in [0.29, 0.717) is 15.7 Å². The minimum absolute atomic E-state index is 0.0225. The molecule has 0 radical (unpaired) electrons. The smallest absolute Gasteiger partial charge is 0.325 e. The third-order valence-corrected chi connectivity index (χ3v) is 8.64. The molecule has 0 aromatic heterocycles. The molecule has 2 atom stereocenters. The number of benzene rings is 2. The maximum atomic E-state index is 13.7. The van der Waals surface area contributed by atoms with Crippen LogP contribution in [0.15, 0.2) is 36.4 Å². The van der Waals surface area contributed by atoms with Gasteiger partial charge in [0, 0.05) is 18.8 Å². The number of anilines is 1. The number of ether oxygens (including phenoxy) is 2. The quantitative estimate of drug-likeness (QED) is 0.331. The zero-order valence-electron chi connectivity index (χ0n) is 24.0. The highest BCUT2D eigenvalue weighted by Crippen LogP contribution is 2.40. The monoisotopic (exact) mass is 603 g/mol. The molecular weight excluding hydrogens is 565 g/mol. The first-order valence-corrected chi connectivity index (χ1v) is 15.1. The van der Waals surface area contributed by atoms with Gasteiger partial charge >= 0.3 is 11.9 Å². The van der Waals surface area contributed by atoms with Gasteiger partial charge in [0.05, 0.1) is 35.7 Å². The molecule has 1 aliphatic carbocycles. The van der Waals surface area contributed by atoms with Crippen LogP contribution < -0.4 is 4.90 Å². The van der Waals surface area contributed by atoms with Crippen molar-refractivity contribution in [3.8, 4) is 0 Å². The summed E-state index contributed by atoms with van der Waals surface area (Å²) in [5.74, 6) is -0.865. The number of nitrogens with zero attached hydrogens (tertiary/aromatic N) is 3. The number of fused-ring (bicyclic) bond motifs is 1. The van der Waals surface area contributed by atoms with Crippen molar-refractivity contribution in [2.45, 2.75) is 58.0 Å². The molecule has 1 aliphatic heterocycles. The summed E-state index contributed by atoms with van der Waals surface area (Å²) in [6.45, 7) is 5.84. The first-order valence-electron chi connectivity index (χ1n) is 14.3. The van der Waals surface area contributed by atoms with Gasteiger partial charge in [0.15, 0.2) is 0 Å². The fraction of sp³-hybridized carbons (Fsp3) is 0.516. The first-order chi connectivity index (χ1) is 19.7. The number of esters is 2. The van der Waals surface area contributed by atoms with Gasteiger partial charge in [-0.15, -0.1) is 0 Å². The highest BCUT2D eigenvalue weighted by molar-refractivity contribution is 6.42. The molecule has 10 heteroatoms. The number of rotatable bonds is 11. The molecule has 1 heterocycles. The second-order valence-electron chi connectivity index (χ2n) is 10.6. The number of aryl methyl sites for hydroxylation is 1. The maximum Gasteiger partial charge on any atom is 0.325 e. The van der Waals surface area contributed by atoms with Gasteiger partial charge in [-0.1, -0.05) is 35.3 Å². The van der Waals surface area contributed by atoms with Gasteiger partial charge in [-0.3, -0.25) is 19.3 Å². The van der Waals surface area contributed by atoms with E-state index in [4.69, 9.17) is 32.7 Å². The molecule has 0 bridgehead atoms. The summed E-state index contributed by atoms with van der Waals surface area (Å²) in [5, 5.41) is 0.875. The van der Waals surface area contributed by atoms with E-state index < -0.39 is 11.9 Å². The molecule has 2 aromatic rings. The Bertz CT molecular complexity index is 1230. The van der Waals surface area contributed by atoms with Crippen LogP contribution in [-0.2, 0) is 36.7 Å². The van der Waals surface area contributed by atoms with Crippen LogP contribution in [0, 0.1) is 0 Å². The zero-order chi connectivity index (χ0) is 29.5. The largest absolute Gasteiger partial charge is 0.465 e. The topological polar surface area (TPSA) is 79.4 Å². The Morgan fingerprint density at radius 3 is 2.20 bits per heavy atom. The van der Waals surface area contributed by atoms with Crippen LogP contribution in [0.5, 0.6) is 0 Å². The van der Waals surface area contributed by atoms with Crippen LogP contribution in [0.25, 0.3) is 0 Å². The highest BCUT2D eigenvalue weighted by atomic mass is 35.5. The Hall–Kier alpha value is -2.81. The summed E-state index contributed by atoms with van der Waals surface area (Å²) in [4.78, 5) is 44.7. The predicted molar refractivity (Wildman–Crippen MR) is 161 cm³/mol. The standard InChI is InChI=1S/C31H39Cl2N3O5/c1-4-40-29(38)19-36(20-30(39)41-5-2)23-11-9-22-10-13-27(35-14-6-7-15-35)31(24(22)18-23)34(3)28(37)17-21-8-12-25(32)26(33)16-21/h8-9,11-12,16,18,27,31H,4-7,10,13-15,17,19-20H2,1-3H3/t27-,31-/m1/s1. The number of amides is 1. The minimum atomic E-state index is -0.421. The SMILES string of the molecule is CCOC(=O)CN(CC(=O)OCC)c1ccc2c(c1)[C@@H](N(C)C(=O)Cc1ccc(Cl)c(Cl)c1)[C@H](N1CCCC1)CC2. The fourth-order valence-electron chi connectivity index (χ4n) is 5.94. The zero-order valence-corrected chi connectivity index (χ0v) is 25.5. The summed E-state index contributed by atoms with van der Waals surface area (Å²) < 4.78 is 10.4. The van der Waals surface area contributed by atoms with E-state index in [9.17, 15) is 14.4 Å². The molecular formula is C31H39Cl2N3O5. The van der Waals surface area contributed by atoms with Crippen LogP contribution in [0.1, 0.15) is 55.8 Å². The number of hydrogen-bond donors (Lipinski definition) is 0. The van der Waals surface area contributed by atoms with Crippen molar-refractivity contribution in [2.75, 3.05) is 51.3 Å². The molecule has 0 saturated carbocycles. The maximum absolute atomic E-state index is 13.7. The van der Waals surface area contributed by atoms with E-state index in [2.05, 4.69) is 11.0 Å². The molecule has 2 aliphatic rings. The number of hydrogen-bond acceptors (Lipinski definition) is 7. The van der Waals surface area contributed by atoms with E-state index in [1.54, 1.807) is 30.9 Å². The highest BCUT2D eigenvalue weighted by Gasteiger charge is 2.39. The van der Waals surface area contributed by atoms with Crippen molar-refractivity contribution in [1.82, 2.24) is 9.80 Å². The molecule has 222 valence electrons. The second kappa shape index (κ2) is 14.4. The van der Waals surface area contributed by atoms with Crippen LogP contribution in [0.4, 0.5) is 5.69 Å². The second-order valence-corrected chi connectivity index (χ2v) is 11.4. The van der Waals surface area contributed by atoms with Crippen LogP contribution in [0.3, 0.4) is 0 Å². The molecule has 0 spiro atoms. The Kier molecular flexibility index (Phi) is 10.9. The molecule has 1 fully saturated rings. The lowest BCUT2D eigenvalue weighted by atomic mass is 9.82. The number of carbonyl (C=O) groups is 3. The normalized spacial score (nSPS) is 18.5. The van der Waals surface area contributed by atoms with E-state index in [0.717, 1.165) is 55.5 Å². The molecule has 0 unspecified atom stereocenters. The molecule has 2 aromatic carbocycles. The van der Waals surface area contributed by atoms with Gasteiger partial charge < -0.3 is 19.3 Å². The van der Waals surface area contributed by atoms with Gasteiger partial charge in [0.2, 0.25) is 5.91 Å². The van der Waals surface area contributed by atoms with Crippen molar-refractivity contribution in [3.63, 3.8) is 0 Å². The molecule has 1 amide bonds. The Morgan fingerprint density at radius 1 is 0.927 bits per heavy atom. The Balaban J connectivity index is 1.68. The summed E-state index contributed by atoms with van der Waals surface area (Å²) >= 11 is 12.3. The summed E-state index contributed by atoms with van der Waals surface area (Å²) in [7, 11) is 1.87. The van der Waals surface area contributed by atoms with Gasteiger partial charge in [0.1, 0.15) is 13.1 Å². The van der Waals surface area contributed by atoms with Gasteiger partial charge in [-0.2, -0.15) is 0 Å². The lowest BCUT2D eigenvalue weighted by Gasteiger charge is -2.44.